The number of rotatable bonds is 6. The summed E-state index contributed by atoms with van der Waals surface area (Å²) in [6.45, 7) is 2.24. The molecule has 3 aromatic carbocycles. The summed E-state index contributed by atoms with van der Waals surface area (Å²) in [6.07, 6.45) is 0. The number of benzene rings is 3. The maximum Gasteiger partial charge on any atom is 0.370 e. The van der Waals surface area contributed by atoms with E-state index in [0.717, 1.165) is 0 Å². The number of carbonyl (C=O) groups excluding carboxylic acids is 1. The SMILES string of the molecule is CCOC(=O)SC[P+](c1ccccc1)(c1ccccc1)c1ccccc1. The third kappa shape index (κ3) is 4.00. The average molecular weight is 381 g/mol. The molecule has 0 bridgehead atoms. The highest BCUT2D eigenvalue weighted by Crippen LogP contribution is 2.57. The highest BCUT2D eigenvalue weighted by molar-refractivity contribution is 8.21. The fourth-order valence-corrected chi connectivity index (χ4v) is 9.15. The minimum atomic E-state index is -1.97. The first-order valence-corrected chi connectivity index (χ1v) is 11.6. The molecular weight excluding hydrogens is 359 g/mol. The molecule has 0 amide bonds. The molecular formula is C22H22O2PS+. The summed E-state index contributed by atoms with van der Waals surface area (Å²) < 4.78 is 5.19. The maximum absolute atomic E-state index is 12.1. The number of hydrogen-bond acceptors (Lipinski definition) is 3. The Morgan fingerprint density at radius 1 is 0.769 bits per heavy atom. The molecule has 0 atom stereocenters. The smallest absolute Gasteiger partial charge is 0.370 e. The Labute approximate surface area is 159 Å². The lowest BCUT2D eigenvalue weighted by Gasteiger charge is -2.26. The molecule has 0 saturated heterocycles. The van der Waals surface area contributed by atoms with E-state index in [4.69, 9.17) is 4.74 Å². The zero-order valence-electron chi connectivity index (χ0n) is 14.7. The monoisotopic (exact) mass is 381 g/mol. The summed E-state index contributed by atoms with van der Waals surface area (Å²) in [6, 6.07) is 31.6. The largest absolute Gasteiger partial charge is 0.458 e. The minimum Gasteiger partial charge on any atom is -0.458 e. The van der Waals surface area contributed by atoms with Gasteiger partial charge in [0.25, 0.3) is 0 Å². The van der Waals surface area contributed by atoms with Crippen molar-refractivity contribution in [3.63, 3.8) is 0 Å². The molecule has 0 heterocycles. The van der Waals surface area contributed by atoms with E-state index in [-0.39, 0.29) is 5.30 Å². The van der Waals surface area contributed by atoms with Crippen LogP contribution < -0.4 is 15.9 Å². The zero-order valence-corrected chi connectivity index (χ0v) is 16.5. The molecule has 26 heavy (non-hydrogen) atoms. The van der Waals surface area contributed by atoms with Crippen molar-refractivity contribution in [2.75, 3.05) is 12.1 Å². The molecule has 0 fully saturated rings. The second kappa shape index (κ2) is 9.02. The fourth-order valence-electron chi connectivity index (χ4n) is 3.03. The molecule has 0 saturated carbocycles. The number of carbonyl (C=O) groups is 1. The van der Waals surface area contributed by atoms with Gasteiger partial charge in [-0.1, -0.05) is 54.6 Å². The van der Waals surface area contributed by atoms with Crippen LogP contribution in [-0.2, 0) is 4.74 Å². The molecule has 0 unspecified atom stereocenters. The van der Waals surface area contributed by atoms with Crippen LogP contribution in [0, 0.1) is 0 Å². The highest BCUT2D eigenvalue weighted by atomic mass is 32.2. The standard InChI is InChI=1S/C22H22O2PS/c1-2-24-22(23)26-18-25(19-12-6-3-7-13-19,20-14-8-4-9-15-20)21-16-10-5-11-17-21/h3-17H,2,18H2,1H3/q+1. The van der Waals surface area contributed by atoms with Gasteiger partial charge in [-0.2, -0.15) is 0 Å². The maximum atomic E-state index is 12.1. The Bertz CT molecular complexity index is 726. The highest BCUT2D eigenvalue weighted by Gasteiger charge is 2.46. The van der Waals surface area contributed by atoms with Gasteiger partial charge >= 0.3 is 5.30 Å². The van der Waals surface area contributed by atoms with Gasteiger partial charge in [0.05, 0.1) is 6.61 Å². The van der Waals surface area contributed by atoms with Crippen LogP contribution in [0.15, 0.2) is 91.0 Å². The van der Waals surface area contributed by atoms with Gasteiger partial charge in [0, 0.05) is 0 Å². The predicted octanol–water partition coefficient (Wildman–Crippen LogP) is 4.83. The molecule has 0 radical (unpaired) electrons. The molecule has 0 N–H and O–H groups in total. The van der Waals surface area contributed by atoms with E-state index in [9.17, 15) is 4.79 Å². The summed E-state index contributed by atoms with van der Waals surface area (Å²) in [4.78, 5) is 12.1. The molecule has 0 spiro atoms. The summed E-state index contributed by atoms with van der Waals surface area (Å²) in [5, 5.41) is 3.61. The number of thioether (sulfide) groups is 1. The molecule has 4 heteroatoms. The van der Waals surface area contributed by atoms with Gasteiger partial charge in [-0.3, -0.25) is 0 Å². The predicted molar refractivity (Wildman–Crippen MR) is 115 cm³/mol. The van der Waals surface area contributed by atoms with Crippen LogP contribution in [0.25, 0.3) is 0 Å². The van der Waals surface area contributed by atoms with Crippen molar-refractivity contribution in [2.45, 2.75) is 6.92 Å². The van der Waals surface area contributed by atoms with Gasteiger partial charge in [0.2, 0.25) is 0 Å². The molecule has 0 aromatic heterocycles. The first-order valence-electron chi connectivity index (χ1n) is 8.62. The van der Waals surface area contributed by atoms with Crippen LogP contribution in [0.3, 0.4) is 0 Å². The molecule has 0 aliphatic rings. The van der Waals surface area contributed by atoms with Crippen molar-refractivity contribution < 1.29 is 9.53 Å². The number of hydrogen-bond donors (Lipinski definition) is 0. The van der Waals surface area contributed by atoms with Gasteiger partial charge < -0.3 is 4.74 Å². The minimum absolute atomic E-state index is 0.209. The summed E-state index contributed by atoms with van der Waals surface area (Å²) in [5.74, 6) is 0. The van der Waals surface area contributed by atoms with Gasteiger partial charge in [0.15, 0.2) is 0 Å². The van der Waals surface area contributed by atoms with E-state index < -0.39 is 7.26 Å². The normalized spacial score (nSPS) is 11.1. The topological polar surface area (TPSA) is 26.3 Å². The Morgan fingerprint density at radius 3 is 1.50 bits per heavy atom. The van der Waals surface area contributed by atoms with Crippen molar-refractivity contribution in [3.8, 4) is 0 Å². The Hall–Kier alpha value is -2.09. The van der Waals surface area contributed by atoms with E-state index in [1.807, 2.05) is 25.1 Å². The van der Waals surface area contributed by atoms with Gasteiger partial charge in [-0.25, -0.2) is 4.79 Å². The first-order chi connectivity index (χ1) is 12.8. The zero-order chi connectivity index (χ0) is 18.2. The molecule has 3 aromatic rings. The lowest BCUT2D eigenvalue weighted by molar-refractivity contribution is 0.181. The van der Waals surface area contributed by atoms with Crippen LogP contribution in [0.5, 0.6) is 0 Å². The van der Waals surface area contributed by atoms with Crippen LogP contribution in [0.2, 0.25) is 0 Å². The van der Waals surface area contributed by atoms with Crippen molar-refractivity contribution in [1.82, 2.24) is 0 Å². The van der Waals surface area contributed by atoms with Gasteiger partial charge in [0.1, 0.15) is 28.7 Å². The van der Waals surface area contributed by atoms with E-state index in [1.54, 1.807) is 0 Å². The Kier molecular flexibility index (Phi) is 6.49. The quantitative estimate of drug-likeness (QED) is 0.452. The lowest BCUT2D eigenvalue weighted by atomic mass is 10.4. The van der Waals surface area contributed by atoms with Crippen LogP contribution in [0.1, 0.15) is 6.92 Å². The molecule has 0 aliphatic heterocycles. The van der Waals surface area contributed by atoms with E-state index in [0.29, 0.717) is 12.1 Å². The van der Waals surface area contributed by atoms with Crippen LogP contribution in [0.4, 0.5) is 4.79 Å². The molecule has 0 aliphatic carbocycles. The van der Waals surface area contributed by atoms with Gasteiger partial charge in [-0.15, -0.1) is 0 Å². The van der Waals surface area contributed by atoms with E-state index in [2.05, 4.69) is 72.8 Å². The Morgan fingerprint density at radius 2 is 1.15 bits per heavy atom. The van der Waals surface area contributed by atoms with Crippen molar-refractivity contribution in [1.29, 1.82) is 0 Å². The van der Waals surface area contributed by atoms with Gasteiger partial charge in [-0.05, 0) is 55.1 Å². The van der Waals surface area contributed by atoms with Crippen molar-refractivity contribution >= 4 is 40.2 Å². The van der Waals surface area contributed by atoms with Crippen LogP contribution >= 0.6 is 19.0 Å². The second-order valence-electron chi connectivity index (χ2n) is 5.77. The summed E-state index contributed by atoms with van der Waals surface area (Å²) in [5.41, 5.74) is 0.684. The molecule has 3 rings (SSSR count). The van der Waals surface area contributed by atoms with E-state index in [1.165, 1.54) is 27.7 Å². The average Bonchev–Trinajstić information content (AvgIpc) is 2.71. The number of ether oxygens (including phenoxy) is 1. The summed E-state index contributed by atoms with van der Waals surface area (Å²) >= 11 is 1.28. The van der Waals surface area contributed by atoms with E-state index >= 15 is 0 Å². The second-order valence-corrected chi connectivity index (χ2v) is 10.6. The van der Waals surface area contributed by atoms with Crippen molar-refractivity contribution in [3.05, 3.63) is 91.0 Å². The third-order valence-corrected chi connectivity index (χ3v) is 10.2. The molecule has 132 valence electrons. The summed E-state index contributed by atoms with van der Waals surface area (Å²) in [7, 11) is -1.97. The Balaban J connectivity index is 2.16. The first kappa shape index (κ1) is 18.7. The molecule has 2 nitrogen and oxygen atoms in total. The fraction of sp³-hybridized carbons (Fsp3) is 0.136. The van der Waals surface area contributed by atoms with Crippen molar-refractivity contribution in [2.24, 2.45) is 0 Å². The lowest BCUT2D eigenvalue weighted by Crippen LogP contribution is -2.32. The third-order valence-electron chi connectivity index (χ3n) is 4.23. The van der Waals surface area contributed by atoms with Crippen LogP contribution in [-0.4, -0.2) is 17.4 Å².